The van der Waals surface area contributed by atoms with Crippen molar-refractivity contribution in [1.82, 2.24) is 14.5 Å². The minimum absolute atomic E-state index is 0.0280. The lowest BCUT2D eigenvalue weighted by atomic mass is 9.80. The maximum absolute atomic E-state index is 15.0. The fraction of sp³-hybridized carbons (Fsp3) is 0.294. The number of methoxy groups -OCH3 is 1. The van der Waals surface area contributed by atoms with Gasteiger partial charge in [-0.25, -0.2) is 18.2 Å². The first-order chi connectivity index (χ1) is 20.8. The van der Waals surface area contributed by atoms with Crippen LogP contribution < -0.4 is 4.74 Å². The third-order valence-electron chi connectivity index (χ3n) is 8.90. The molecule has 3 heterocycles. The summed E-state index contributed by atoms with van der Waals surface area (Å²) < 4.78 is 51.9. The summed E-state index contributed by atoms with van der Waals surface area (Å²) in [5, 5.41) is 4.68. The van der Waals surface area contributed by atoms with Gasteiger partial charge in [-0.1, -0.05) is 17.3 Å². The van der Waals surface area contributed by atoms with E-state index in [1.54, 1.807) is 19.5 Å². The Balaban J connectivity index is 1.33. The lowest BCUT2D eigenvalue weighted by Gasteiger charge is -2.49. The van der Waals surface area contributed by atoms with Crippen LogP contribution in [0.25, 0.3) is 11.8 Å². The summed E-state index contributed by atoms with van der Waals surface area (Å²) in [6.45, 7) is 3.99. The van der Waals surface area contributed by atoms with Crippen molar-refractivity contribution in [2.75, 3.05) is 13.7 Å². The number of rotatable bonds is 4. The Morgan fingerprint density at radius 2 is 1.84 bits per heavy atom. The number of nitrogens with zero attached hydrogens (tertiary/aromatic N) is 4. The highest BCUT2D eigenvalue weighted by molar-refractivity contribution is 6.03. The monoisotopic (exact) mass is 584 g/mol. The number of halogens is 3. The lowest BCUT2D eigenvalue weighted by Crippen LogP contribution is -2.52. The Labute approximate surface area is 248 Å². The van der Waals surface area contributed by atoms with E-state index in [1.807, 2.05) is 35.9 Å². The van der Waals surface area contributed by atoms with Crippen molar-refractivity contribution in [3.8, 4) is 11.4 Å². The molecule has 43 heavy (non-hydrogen) atoms. The van der Waals surface area contributed by atoms with Crippen molar-refractivity contribution in [3.63, 3.8) is 0 Å². The molecule has 3 aliphatic rings. The normalized spacial score (nSPS) is 21.9. The molecular weight excluding hydrogens is 553 g/mol. The molecule has 2 atom stereocenters. The molecule has 1 spiro atoms. The quantitative estimate of drug-likeness (QED) is 0.252. The molecule has 1 fully saturated rings. The number of hydrogen-bond acceptors (Lipinski definition) is 5. The van der Waals surface area contributed by atoms with E-state index < -0.39 is 23.3 Å². The maximum Gasteiger partial charge on any atom is 0.187 e. The summed E-state index contributed by atoms with van der Waals surface area (Å²) in [5.41, 5.74) is 4.69. The van der Waals surface area contributed by atoms with Gasteiger partial charge < -0.3 is 19.0 Å². The zero-order chi connectivity index (χ0) is 29.9. The second-order valence-corrected chi connectivity index (χ2v) is 11.5. The smallest absolute Gasteiger partial charge is 0.187 e. The molecule has 0 saturated carbocycles. The largest absolute Gasteiger partial charge is 0.495 e. The number of fused-ring (bicyclic) bond motifs is 3. The van der Waals surface area contributed by atoms with Crippen LogP contribution in [0.3, 0.4) is 0 Å². The van der Waals surface area contributed by atoms with Gasteiger partial charge >= 0.3 is 0 Å². The molecular formula is C34H31F3N4O2. The van der Waals surface area contributed by atoms with Crippen LogP contribution in [0.1, 0.15) is 58.8 Å². The van der Waals surface area contributed by atoms with Gasteiger partial charge in [-0.3, -0.25) is 0 Å². The molecule has 7 rings (SSSR count). The standard InChI is InChI=1S/C34H31F3N4O2/c1-20-18-40(19-38-20)30-9-6-22(14-31(30)42-3)13-24-5-4-12-41-32(25-16-28(36)21(2)29(37)17-25)34(43-39-33(24)41)11-10-23-15-26(35)7-8-27(23)34/h6-9,13-19,32H,4-5,10-12H2,1-3H3/b24-13+/t32-,34?/m0/s1. The van der Waals surface area contributed by atoms with E-state index in [0.717, 1.165) is 46.5 Å². The molecule has 3 aromatic carbocycles. The van der Waals surface area contributed by atoms with Gasteiger partial charge in [0, 0.05) is 30.3 Å². The highest BCUT2D eigenvalue weighted by atomic mass is 19.1. The second-order valence-electron chi connectivity index (χ2n) is 11.5. The van der Waals surface area contributed by atoms with E-state index in [4.69, 9.17) is 9.57 Å². The van der Waals surface area contributed by atoms with Crippen LogP contribution >= 0.6 is 0 Å². The van der Waals surface area contributed by atoms with Crippen molar-refractivity contribution >= 4 is 11.9 Å². The van der Waals surface area contributed by atoms with E-state index in [9.17, 15) is 4.39 Å². The van der Waals surface area contributed by atoms with Gasteiger partial charge in [-0.05, 0) is 97.8 Å². The number of amidine groups is 1. The van der Waals surface area contributed by atoms with E-state index in [-0.39, 0.29) is 11.4 Å². The maximum atomic E-state index is 15.0. The molecule has 220 valence electrons. The fourth-order valence-corrected chi connectivity index (χ4v) is 6.81. The molecule has 2 aliphatic heterocycles. The van der Waals surface area contributed by atoms with Crippen molar-refractivity contribution in [2.24, 2.45) is 5.16 Å². The predicted molar refractivity (Wildman–Crippen MR) is 158 cm³/mol. The number of piperidine rings is 1. The topological polar surface area (TPSA) is 51.9 Å². The average molecular weight is 585 g/mol. The summed E-state index contributed by atoms with van der Waals surface area (Å²) in [5.74, 6) is -0.225. The predicted octanol–water partition coefficient (Wildman–Crippen LogP) is 7.32. The van der Waals surface area contributed by atoms with Crippen LogP contribution in [0.15, 0.2) is 71.8 Å². The number of aryl methyl sites for hydroxylation is 2. The zero-order valence-electron chi connectivity index (χ0n) is 24.2. The van der Waals surface area contributed by atoms with Gasteiger partial charge in [0.25, 0.3) is 0 Å². The molecule has 1 saturated heterocycles. The van der Waals surface area contributed by atoms with E-state index in [0.29, 0.717) is 36.5 Å². The summed E-state index contributed by atoms with van der Waals surface area (Å²) in [6, 6.07) is 12.8. The summed E-state index contributed by atoms with van der Waals surface area (Å²) >= 11 is 0. The number of hydrogen-bond donors (Lipinski definition) is 0. The first kappa shape index (κ1) is 27.3. The molecule has 0 N–H and O–H groups in total. The van der Waals surface area contributed by atoms with Gasteiger partial charge in [-0.2, -0.15) is 0 Å². The van der Waals surface area contributed by atoms with Crippen LogP contribution in [-0.4, -0.2) is 33.9 Å². The fourth-order valence-electron chi connectivity index (χ4n) is 6.81. The molecule has 0 amide bonds. The van der Waals surface area contributed by atoms with Crippen LogP contribution in [0, 0.1) is 31.3 Å². The van der Waals surface area contributed by atoms with Crippen molar-refractivity contribution < 1.29 is 22.7 Å². The minimum Gasteiger partial charge on any atom is -0.495 e. The highest BCUT2D eigenvalue weighted by Crippen LogP contribution is 2.54. The molecule has 0 bridgehead atoms. The van der Waals surface area contributed by atoms with Crippen LogP contribution in [0.2, 0.25) is 0 Å². The number of aromatic nitrogens is 2. The minimum atomic E-state index is -1.02. The van der Waals surface area contributed by atoms with Gasteiger partial charge in [0.2, 0.25) is 0 Å². The molecule has 6 nitrogen and oxygen atoms in total. The van der Waals surface area contributed by atoms with Crippen LogP contribution in [0.5, 0.6) is 5.75 Å². The third kappa shape index (κ3) is 4.49. The number of imidazole rings is 1. The summed E-state index contributed by atoms with van der Waals surface area (Å²) in [7, 11) is 1.64. The molecule has 1 aliphatic carbocycles. The summed E-state index contributed by atoms with van der Waals surface area (Å²) in [6.07, 6.45) is 8.39. The Bertz CT molecular complexity index is 1790. The lowest BCUT2D eigenvalue weighted by molar-refractivity contribution is -0.117. The Hall–Kier alpha value is -4.53. The van der Waals surface area contributed by atoms with Crippen molar-refractivity contribution in [1.29, 1.82) is 0 Å². The third-order valence-corrected chi connectivity index (χ3v) is 8.90. The average Bonchev–Trinajstić information content (AvgIpc) is 3.59. The highest BCUT2D eigenvalue weighted by Gasteiger charge is 2.55. The SMILES string of the molecule is COc1cc(/C=C2\CCCN3C2=NOC2(CCc4cc(F)ccc42)[C@@H]3c2cc(F)c(C)c(F)c2)ccc1-n1cnc(C)c1. The van der Waals surface area contributed by atoms with Gasteiger partial charge in [0.15, 0.2) is 11.4 Å². The van der Waals surface area contributed by atoms with Crippen LogP contribution in [-0.2, 0) is 16.9 Å². The molecule has 0 radical (unpaired) electrons. The van der Waals surface area contributed by atoms with E-state index >= 15 is 8.78 Å². The van der Waals surface area contributed by atoms with Gasteiger partial charge in [-0.15, -0.1) is 0 Å². The molecule has 4 aromatic rings. The van der Waals surface area contributed by atoms with E-state index in [2.05, 4.69) is 21.1 Å². The zero-order valence-corrected chi connectivity index (χ0v) is 24.2. The first-order valence-corrected chi connectivity index (χ1v) is 14.4. The summed E-state index contributed by atoms with van der Waals surface area (Å²) in [4.78, 5) is 12.9. The van der Waals surface area contributed by atoms with E-state index in [1.165, 1.54) is 31.2 Å². The number of oxime groups is 1. The van der Waals surface area contributed by atoms with Gasteiger partial charge in [0.1, 0.15) is 29.2 Å². The Morgan fingerprint density at radius 3 is 2.58 bits per heavy atom. The van der Waals surface area contributed by atoms with Gasteiger partial charge in [0.05, 0.1) is 24.8 Å². The molecule has 1 aromatic heterocycles. The van der Waals surface area contributed by atoms with Crippen LogP contribution in [0.4, 0.5) is 13.2 Å². The first-order valence-electron chi connectivity index (χ1n) is 14.4. The second kappa shape index (κ2) is 10.3. The molecule has 9 heteroatoms. The van der Waals surface area contributed by atoms with Crippen molar-refractivity contribution in [3.05, 3.63) is 118 Å². The Kier molecular flexibility index (Phi) is 6.56. The molecule has 1 unspecified atom stereocenters. The number of ether oxygens (including phenoxy) is 1. The number of benzene rings is 3. The van der Waals surface area contributed by atoms with Crippen molar-refractivity contribution in [2.45, 2.75) is 51.2 Å². The Morgan fingerprint density at radius 1 is 1.02 bits per heavy atom.